The van der Waals surface area contributed by atoms with E-state index in [0.717, 1.165) is 50.9 Å². The molecule has 0 bridgehead atoms. The summed E-state index contributed by atoms with van der Waals surface area (Å²) >= 11 is 0. The zero-order chi connectivity index (χ0) is 38.2. The number of ether oxygens (including phenoxy) is 2. The molecular weight excluding hydrogens is 648 g/mol. The maximum atomic E-state index is 12.0. The van der Waals surface area contributed by atoms with E-state index in [9.17, 15) is 19.8 Å². The quantitative estimate of drug-likeness (QED) is 0.0289. The third kappa shape index (κ3) is 38.5. The van der Waals surface area contributed by atoms with Crippen molar-refractivity contribution in [2.45, 2.75) is 187 Å². The Morgan fingerprint density at radius 1 is 0.558 bits per heavy atom. The first-order valence-electron chi connectivity index (χ1n) is 21.0. The fourth-order valence-electron chi connectivity index (χ4n) is 5.52. The molecule has 0 aliphatic rings. The normalized spacial score (nSPS) is 14.2. The number of rotatable bonds is 36. The molecule has 0 amide bonds. The van der Waals surface area contributed by atoms with Gasteiger partial charge in [-0.15, -0.1) is 0 Å². The summed E-state index contributed by atoms with van der Waals surface area (Å²) < 4.78 is 10.3. The van der Waals surface area contributed by atoms with E-state index in [1.54, 1.807) is 6.08 Å². The lowest BCUT2D eigenvalue weighted by Gasteiger charge is -2.12. The Balaban J connectivity index is 3.60. The van der Waals surface area contributed by atoms with Crippen molar-refractivity contribution in [3.63, 3.8) is 0 Å². The third-order valence-electron chi connectivity index (χ3n) is 9.09. The van der Waals surface area contributed by atoms with Crippen LogP contribution in [0, 0.1) is 5.92 Å². The first-order chi connectivity index (χ1) is 25.4. The van der Waals surface area contributed by atoms with Crippen LogP contribution >= 0.6 is 0 Å². The lowest BCUT2D eigenvalue weighted by atomic mass is 9.99. The minimum Gasteiger partial charge on any atom is -0.463 e. The maximum Gasteiger partial charge on any atom is 0.306 e. The molecule has 6 nitrogen and oxygen atoms in total. The van der Waals surface area contributed by atoms with Gasteiger partial charge in [0.1, 0.15) is 19.3 Å². The summed E-state index contributed by atoms with van der Waals surface area (Å²) in [6, 6.07) is 0. The fraction of sp³-hybridized carbons (Fsp3) is 0.696. The molecule has 0 aliphatic carbocycles. The molecule has 0 aliphatic heterocycles. The van der Waals surface area contributed by atoms with Crippen molar-refractivity contribution in [1.82, 2.24) is 0 Å². The number of esters is 2. The monoisotopic (exact) mass is 727 g/mol. The number of hydrogen-bond acceptors (Lipinski definition) is 6. The topological polar surface area (TPSA) is 93.1 Å². The summed E-state index contributed by atoms with van der Waals surface area (Å²) in [7, 11) is 0. The summed E-state index contributed by atoms with van der Waals surface area (Å²) in [6.45, 7) is 6.41. The van der Waals surface area contributed by atoms with Gasteiger partial charge in [0.05, 0.1) is 6.10 Å². The summed E-state index contributed by atoms with van der Waals surface area (Å²) in [5, 5.41) is 19.8. The van der Waals surface area contributed by atoms with Crippen LogP contribution in [0.15, 0.2) is 72.9 Å². The van der Waals surface area contributed by atoms with Crippen LogP contribution in [-0.4, -0.2) is 47.6 Å². The minimum atomic E-state index is -1.01. The Kier molecular flexibility index (Phi) is 37.5. The second-order valence-electron chi connectivity index (χ2n) is 14.2. The van der Waals surface area contributed by atoms with Gasteiger partial charge in [-0.25, -0.2) is 0 Å². The Labute approximate surface area is 319 Å². The highest BCUT2D eigenvalue weighted by atomic mass is 16.6. The van der Waals surface area contributed by atoms with Crippen molar-refractivity contribution in [3.8, 4) is 0 Å². The van der Waals surface area contributed by atoms with Crippen LogP contribution in [-0.2, 0) is 19.1 Å². The summed E-state index contributed by atoms with van der Waals surface area (Å²) in [6.07, 6.45) is 48.7. The van der Waals surface area contributed by atoms with E-state index < -0.39 is 12.2 Å². The number of allylic oxidation sites excluding steroid dienone is 10. The van der Waals surface area contributed by atoms with E-state index in [0.29, 0.717) is 19.3 Å². The van der Waals surface area contributed by atoms with Gasteiger partial charge >= 0.3 is 11.9 Å². The average Bonchev–Trinajstić information content (AvgIpc) is 3.14. The molecule has 0 heterocycles. The molecule has 0 aromatic heterocycles. The predicted molar refractivity (Wildman–Crippen MR) is 220 cm³/mol. The lowest BCUT2D eigenvalue weighted by Crippen LogP contribution is -2.25. The van der Waals surface area contributed by atoms with Crippen molar-refractivity contribution >= 4 is 11.9 Å². The van der Waals surface area contributed by atoms with Gasteiger partial charge in [-0.1, -0.05) is 190 Å². The van der Waals surface area contributed by atoms with Gasteiger partial charge in [0.25, 0.3) is 0 Å². The molecule has 6 heteroatoms. The highest BCUT2D eigenvalue weighted by Crippen LogP contribution is 2.16. The Morgan fingerprint density at radius 2 is 1.04 bits per heavy atom. The number of unbranched alkanes of at least 4 members (excludes halogenated alkanes) is 13. The molecule has 0 saturated heterocycles. The van der Waals surface area contributed by atoms with Crippen molar-refractivity contribution in [2.75, 3.05) is 13.2 Å². The van der Waals surface area contributed by atoms with Gasteiger partial charge in [0.2, 0.25) is 0 Å². The predicted octanol–water partition coefficient (Wildman–Crippen LogP) is 12.2. The van der Waals surface area contributed by atoms with Crippen LogP contribution in [0.3, 0.4) is 0 Å². The van der Waals surface area contributed by atoms with Crippen LogP contribution in [0.2, 0.25) is 0 Å². The van der Waals surface area contributed by atoms with Gasteiger partial charge in [-0.2, -0.15) is 0 Å². The molecule has 52 heavy (non-hydrogen) atoms. The SMILES string of the molecule is CC/C=C\CC(O)/C=C/C=C/C/C=C\C/C=C\C/C=C\CCC(=O)OC[C@@H](O)COC(=O)CCCCCCCCCCCCCCCCC(C)CC. The Morgan fingerprint density at radius 3 is 1.58 bits per heavy atom. The Hall–Kier alpha value is -2.70. The van der Waals surface area contributed by atoms with Gasteiger partial charge in [-0.05, 0) is 50.9 Å². The van der Waals surface area contributed by atoms with Crippen LogP contribution in [0.1, 0.15) is 175 Å². The molecule has 0 fully saturated rings. The maximum absolute atomic E-state index is 12.0. The van der Waals surface area contributed by atoms with Gasteiger partial charge in [-0.3, -0.25) is 9.59 Å². The van der Waals surface area contributed by atoms with Gasteiger partial charge in [0, 0.05) is 12.8 Å². The molecule has 0 rings (SSSR count). The molecule has 298 valence electrons. The summed E-state index contributed by atoms with van der Waals surface area (Å²) in [4.78, 5) is 24.0. The molecule has 2 N–H and O–H groups in total. The number of aliphatic hydroxyl groups is 2. The van der Waals surface area contributed by atoms with E-state index in [1.807, 2.05) is 30.4 Å². The van der Waals surface area contributed by atoms with Crippen molar-refractivity contribution < 1.29 is 29.3 Å². The van der Waals surface area contributed by atoms with Crippen molar-refractivity contribution in [1.29, 1.82) is 0 Å². The zero-order valence-electron chi connectivity index (χ0n) is 33.6. The van der Waals surface area contributed by atoms with Gasteiger partial charge < -0.3 is 19.7 Å². The lowest BCUT2D eigenvalue weighted by molar-refractivity contribution is -0.152. The highest BCUT2D eigenvalue weighted by molar-refractivity contribution is 5.70. The number of carbonyl (C=O) groups excluding carboxylic acids is 2. The molecule has 2 unspecified atom stereocenters. The number of carbonyl (C=O) groups is 2. The molecule has 0 radical (unpaired) electrons. The Bertz CT molecular complexity index is 991. The van der Waals surface area contributed by atoms with Gasteiger partial charge in [0.15, 0.2) is 0 Å². The fourth-order valence-corrected chi connectivity index (χ4v) is 5.52. The summed E-state index contributed by atoms with van der Waals surface area (Å²) in [5.74, 6) is 0.214. The van der Waals surface area contributed by atoms with Crippen LogP contribution in [0.4, 0.5) is 0 Å². The van der Waals surface area contributed by atoms with E-state index in [4.69, 9.17) is 9.47 Å². The van der Waals surface area contributed by atoms with Crippen LogP contribution < -0.4 is 0 Å². The first-order valence-corrected chi connectivity index (χ1v) is 21.0. The largest absolute Gasteiger partial charge is 0.463 e. The zero-order valence-corrected chi connectivity index (χ0v) is 33.6. The highest BCUT2D eigenvalue weighted by Gasteiger charge is 2.11. The molecule has 0 saturated carbocycles. The van der Waals surface area contributed by atoms with E-state index in [1.165, 1.54) is 83.5 Å². The van der Waals surface area contributed by atoms with E-state index >= 15 is 0 Å². The molecule has 3 atom stereocenters. The molecule has 0 aromatic carbocycles. The summed E-state index contributed by atoms with van der Waals surface area (Å²) in [5.41, 5.74) is 0. The second-order valence-corrected chi connectivity index (χ2v) is 14.2. The van der Waals surface area contributed by atoms with Crippen LogP contribution in [0.25, 0.3) is 0 Å². The third-order valence-corrected chi connectivity index (χ3v) is 9.09. The standard InChI is InChI=1S/C46H78O6/c1-4-6-30-36-43(47)37-32-27-23-19-15-11-9-13-17-21-25-29-34-39-46(50)52-41-44(48)40-51-45(49)38-33-28-24-20-16-12-8-7-10-14-18-22-26-31-35-42(3)5-2/h6,11,13,15,17,23,25,27,29-30,32,37,42-44,47-48H,4-5,7-10,12,14,16,18-22,24,26,28,31,33-36,38-41H2,1-3H3/b15-11-,17-13-,27-23+,29-25-,30-6-,37-32+/t42?,43?,44-/m0/s1. The number of hydrogen-bond donors (Lipinski definition) is 2. The smallest absolute Gasteiger partial charge is 0.306 e. The first kappa shape index (κ1) is 49.3. The molecular formula is C46H78O6. The van der Waals surface area contributed by atoms with E-state index in [2.05, 4.69) is 57.2 Å². The number of aliphatic hydroxyl groups excluding tert-OH is 2. The second kappa shape index (κ2) is 39.5. The average molecular weight is 727 g/mol. The molecule has 0 aromatic rings. The molecule has 0 spiro atoms. The van der Waals surface area contributed by atoms with Crippen LogP contribution in [0.5, 0.6) is 0 Å². The van der Waals surface area contributed by atoms with E-state index in [-0.39, 0.29) is 31.6 Å². The minimum absolute atomic E-state index is 0.151. The van der Waals surface area contributed by atoms with Crippen molar-refractivity contribution in [2.24, 2.45) is 5.92 Å². The van der Waals surface area contributed by atoms with Crippen molar-refractivity contribution in [3.05, 3.63) is 72.9 Å².